The van der Waals surface area contributed by atoms with Crippen molar-refractivity contribution in [2.24, 2.45) is 17.6 Å². The Morgan fingerprint density at radius 2 is 1.85 bits per heavy atom. The summed E-state index contributed by atoms with van der Waals surface area (Å²) in [5.74, 6) is 0.826. The molecule has 0 bridgehead atoms. The van der Waals surface area contributed by atoms with Gasteiger partial charge in [-0.2, -0.15) is 0 Å². The van der Waals surface area contributed by atoms with Crippen molar-refractivity contribution in [2.45, 2.75) is 31.7 Å². The predicted molar refractivity (Wildman–Crippen MR) is 78.8 cm³/mol. The van der Waals surface area contributed by atoms with Gasteiger partial charge in [0.05, 0.1) is 0 Å². The van der Waals surface area contributed by atoms with Crippen molar-refractivity contribution < 1.29 is 9.90 Å². The number of nitrogens with two attached hydrogens (primary N) is 1. The number of anilines is 1. The normalized spacial score (nSPS) is 26.6. The predicted octanol–water partition coefficient (Wildman–Crippen LogP) is 1.88. The average Bonchev–Trinajstić information content (AvgIpc) is 3.00. The van der Waals surface area contributed by atoms with Crippen LogP contribution in [0.15, 0.2) is 24.3 Å². The van der Waals surface area contributed by atoms with Gasteiger partial charge in [-0.3, -0.25) is 4.79 Å². The molecule has 1 aromatic rings. The van der Waals surface area contributed by atoms with Crippen LogP contribution in [0.4, 0.5) is 5.69 Å². The van der Waals surface area contributed by atoms with Crippen molar-refractivity contribution in [2.75, 3.05) is 18.0 Å². The summed E-state index contributed by atoms with van der Waals surface area (Å²) in [6, 6.07) is 7.40. The maximum absolute atomic E-state index is 10.8. The third-order valence-electron chi connectivity index (χ3n) is 4.80. The molecular weight excluding hydrogens is 252 g/mol. The lowest BCUT2D eigenvalue weighted by Crippen LogP contribution is -2.32. The Morgan fingerprint density at radius 3 is 2.40 bits per heavy atom. The summed E-state index contributed by atoms with van der Waals surface area (Å²) in [6.07, 6.45) is 4.55. The van der Waals surface area contributed by atoms with Gasteiger partial charge in [0.15, 0.2) is 0 Å². The highest BCUT2D eigenvalue weighted by Crippen LogP contribution is 2.39. The number of aliphatic carboxylic acids is 1. The van der Waals surface area contributed by atoms with E-state index < -0.39 is 12.0 Å². The summed E-state index contributed by atoms with van der Waals surface area (Å²) in [5, 5.41) is 8.83. The van der Waals surface area contributed by atoms with E-state index in [0.29, 0.717) is 6.42 Å². The number of hydrogen-bond acceptors (Lipinski definition) is 3. The Balaban J connectivity index is 1.63. The van der Waals surface area contributed by atoms with Crippen LogP contribution in [0, 0.1) is 11.8 Å². The molecule has 108 valence electrons. The number of fused-ring (bicyclic) bond motifs is 1. The molecule has 2 fully saturated rings. The molecule has 0 aromatic heterocycles. The number of carboxylic acids is 1. The van der Waals surface area contributed by atoms with Crippen LogP contribution in [-0.4, -0.2) is 30.2 Å². The lowest BCUT2D eigenvalue weighted by molar-refractivity contribution is -0.138. The van der Waals surface area contributed by atoms with E-state index in [1.807, 2.05) is 12.1 Å². The van der Waals surface area contributed by atoms with Crippen LogP contribution < -0.4 is 10.6 Å². The molecule has 3 atom stereocenters. The number of carboxylic acid groups (broad SMARTS) is 1. The third kappa shape index (κ3) is 2.66. The molecular formula is C16H22N2O2. The van der Waals surface area contributed by atoms with Crippen molar-refractivity contribution >= 4 is 11.7 Å². The van der Waals surface area contributed by atoms with E-state index in [0.717, 1.165) is 17.4 Å². The Morgan fingerprint density at radius 1 is 1.25 bits per heavy atom. The topological polar surface area (TPSA) is 66.6 Å². The largest absolute Gasteiger partial charge is 0.480 e. The monoisotopic (exact) mass is 274 g/mol. The minimum Gasteiger partial charge on any atom is -0.480 e. The highest BCUT2D eigenvalue weighted by molar-refractivity contribution is 5.73. The minimum absolute atomic E-state index is 0.390. The fraction of sp³-hybridized carbons (Fsp3) is 0.562. The van der Waals surface area contributed by atoms with Crippen molar-refractivity contribution in [1.29, 1.82) is 0 Å². The fourth-order valence-corrected chi connectivity index (χ4v) is 3.63. The SMILES string of the molecule is N[C@@H](Cc1ccc(N2CC3CCCC3C2)cc1)C(=O)O. The molecule has 1 heterocycles. The summed E-state index contributed by atoms with van der Waals surface area (Å²) in [6.45, 7) is 2.36. The van der Waals surface area contributed by atoms with Crippen LogP contribution in [0.25, 0.3) is 0 Å². The van der Waals surface area contributed by atoms with Crippen molar-refractivity contribution in [1.82, 2.24) is 0 Å². The number of nitrogens with zero attached hydrogens (tertiary/aromatic N) is 1. The van der Waals surface area contributed by atoms with E-state index in [2.05, 4.69) is 17.0 Å². The second kappa shape index (κ2) is 5.44. The first kappa shape index (κ1) is 13.4. The summed E-state index contributed by atoms with van der Waals surface area (Å²) in [4.78, 5) is 13.2. The second-order valence-electron chi connectivity index (χ2n) is 6.17. The lowest BCUT2D eigenvalue weighted by Gasteiger charge is -2.20. The Bertz CT molecular complexity index is 474. The standard InChI is InChI=1S/C16H22N2O2/c17-15(16(19)20)8-11-4-6-14(7-5-11)18-9-12-2-1-3-13(12)10-18/h4-7,12-13,15H,1-3,8-10,17H2,(H,19,20)/t12?,13?,15-/m0/s1. The zero-order valence-electron chi connectivity index (χ0n) is 11.7. The summed E-state index contributed by atoms with van der Waals surface area (Å²) in [7, 11) is 0. The number of carbonyl (C=O) groups is 1. The maximum Gasteiger partial charge on any atom is 0.320 e. The number of rotatable bonds is 4. The summed E-state index contributed by atoms with van der Waals surface area (Å²) >= 11 is 0. The first-order chi connectivity index (χ1) is 9.63. The molecule has 0 amide bonds. The smallest absolute Gasteiger partial charge is 0.320 e. The summed E-state index contributed by atoms with van der Waals surface area (Å²) in [5.41, 5.74) is 7.81. The Kier molecular flexibility index (Phi) is 3.66. The zero-order valence-corrected chi connectivity index (χ0v) is 11.7. The fourth-order valence-electron chi connectivity index (χ4n) is 3.63. The van der Waals surface area contributed by atoms with E-state index in [1.165, 1.54) is 38.0 Å². The molecule has 0 spiro atoms. The average molecular weight is 274 g/mol. The first-order valence-electron chi connectivity index (χ1n) is 7.46. The van der Waals surface area contributed by atoms with E-state index in [-0.39, 0.29) is 0 Å². The van der Waals surface area contributed by atoms with E-state index in [9.17, 15) is 4.79 Å². The zero-order chi connectivity index (χ0) is 14.1. The van der Waals surface area contributed by atoms with Crippen molar-refractivity contribution in [3.8, 4) is 0 Å². The van der Waals surface area contributed by atoms with Crippen LogP contribution in [0.3, 0.4) is 0 Å². The molecule has 1 aliphatic heterocycles. The van der Waals surface area contributed by atoms with Gasteiger partial charge in [0, 0.05) is 18.8 Å². The van der Waals surface area contributed by atoms with Gasteiger partial charge < -0.3 is 15.7 Å². The van der Waals surface area contributed by atoms with Crippen LogP contribution in [0.2, 0.25) is 0 Å². The molecule has 3 rings (SSSR count). The quantitative estimate of drug-likeness (QED) is 0.879. The molecule has 1 saturated heterocycles. The molecule has 4 heteroatoms. The molecule has 2 aliphatic rings. The van der Waals surface area contributed by atoms with Gasteiger partial charge in [0.1, 0.15) is 6.04 Å². The van der Waals surface area contributed by atoms with E-state index in [1.54, 1.807) is 0 Å². The lowest BCUT2D eigenvalue weighted by atomic mass is 10.0. The van der Waals surface area contributed by atoms with Gasteiger partial charge in [0.2, 0.25) is 0 Å². The van der Waals surface area contributed by atoms with Gasteiger partial charge in [-0.25, -0.2) is 0 Å². The van der Waals surface area contributed by atoms with Crippen LogP contribution in [0.1, 0.15) is 24.8 Å². The van der Waals surface area contributed by atoms with Crippen LogP contribution in [-0.2, 0) is 11.2 Å². The molecule has 0 radical (unpaired) electrons. The van der Waals surface area contributed by atoms with Gasteiger partial charge in [0.25, 0.3) is 0 Å². The Hall–Kier alpha value is -1.55. The second-order valence-corrected chi connectivity index (χ2v) is 6.17. The number of benzene rings is 1. The van der Waals surface area contributed by atoms with Crippen molar-refractivity contribution in [3.05, 3.63) is 29.8 Å². The minimum atomic E-state index is -0.943. The van der Waals surface area contributed by atoms with E-state index in [4.69, 9.17) is 10.8 Å². The molecule has 1 saturated carbocycles. The molecule has 20 heavy (non-hydrogen) atoms. The molecule has 1 aliphatic carbocycles. The van der Waals surface area contributed by atoms with Gasteiger partial charge in [-0.15, -0.1) is 0 Å². The number of hydrogen-bond donors (Lipinski definition) is 2. The van der Waals surface area contributed by atoms with Crippen molar-refractivity contribution in [3.63, 3.8) is 0 Å². The Labute approximate surface area is 119 Å². The van der Waals surface area contributed by atoms with Crippen LogP contribution >= 0.6 is 0 Å². The first-order valence-corrected chi connectivity index (χ1v) is 7.46. The highest BCUT2D eigenvalue weighted by atomic mass is 16.4. The van der Waals surface area contributed by atoms with Crippen LogP contribution in [0.5, 0.6) is 0 Å². The van der Waals surface area contributed by atoms with Gasteiger partial charge >= 0.3 is 5.97 Å². The maximum atomic E-state index is 10.8. The molecule has 4 nitrogen and oxygen atoms in total. The molecule has 2 unspecified atom stereocenters. The van der Waals surface area contributed by atoms with Gasteiger partial charge in [-0.05, 0) is 48.8 Å². The highest BCUT2D eigenvalue weighted by Gasteiger charge is 2.35. The van der Waals surface area contributed by atoms with E-state index >= 15 is 0 Å². The summed E-state index contributed by atoms with van der Waals surface area (Å²) < 4.78 is 0. The third-order valence-corrected chi connectivity index (χ3v) is 4.80. The molecule has 3 N–H and O–H groups in total. The molecule has 1 aromatic carbocycles. The van der Waals surface area contributed by atoms with Gasteiger partial charge in [-0.1, -0.05) is 18.6 Å².